The topological polar surface area (TPSA) is 78.9 Å². The summed E-state index contributed by atoms with van der Waals surface area (Å²) in [6.07, 6.45) is 90.8. The molecule has 0 bridgehead atoms. The van der Waals surface area contributed by atoms with Gasteiger partial charge in [-0.3, -0.25) is 14.4 Å². The minimum atomic E-state index is -0.785. The molecule has 0 aliphatic carbocycles. The van der Waals surface area contributed by atoms with Crippen molar-refractivity contribution in [2.45, 2.75) is 374 Å². The van der Waals surface area contributed by atoms with Gasteiger partial charge in [0, 0.05) is 19.3 Å². The summed E-state index contributed by atoms with van der Waals surface area (Å²) in [4.78, 5) is 38.4. The quantitative estimate of drug-likeness (QED) is 0.0261. The van der Waals surface area contributed by atoms with Crippen LogP contribution in [0.3, 0.4) is 0 Å². The normalized spacial score (nSPS) is 12.5. The molecule has 1 atom stereocenters. The van der Waals surface area contributed by atoms with Crippen LogP contribution in [0.4, 0.5) is 0 Å². The molecule has 0 spiro atoms. The monoisotopic (exact) mass is 1130 g/mol. The third kappa shape index (κ3) is 67.5. The van der Waals surface area contributed by atoms with E-state index in [-0.39, 0.29) is 31.1 Å². The lowest BCUT2D eigenvalue weighted by Gasteiger charge is -2.18. The van der Waals surface area contributed by atoms with Crippen LogP contribution in [-0.2, 0) is 28.6 Å². The van der Waals surface area contributed by atoms with Gasteiger partial charge in [-0.1, -0.05) is 331 Å². The first-order valence-electron chi connectivity index (χ1n) is 35.4. The van der Waals surface area contributed by atoms with Crippen LogP contribution in [0.2, 0.25) is 0 Å². The number of hydrogen-bond acceptors (Lipinski definition) is 6. The van der Waals surface area contributed by atoms with Gasteiger partial charge in [0.25, 0.3) is 0 Å². The molecule has 470 valence electrons. The van der Waals surface area contributed by atoms with Crippen LogP contribution >= 0.6 is 0 Å². The van der Waals surface area contributed by atoms with Gasteiger partial charge in [-0.05, 0) is 89.9 Å². The fraction of sp³-hybridized carbons (Fsp3) is 0.800. The zero-order valence-electron chi connectivity index (χ0n) is 54.1. The molecular formula is C75H134O6. The summed E-state index contributed by atoms with van der Waals surface area (Å²) in [6.45, 7) is 6.56. The highest BCUT2D eigenvalue weighted by atomic mass is 16.6. The Bertz CT molecular complexity index is 1490. The van der Waals surface area contributed by atoms with Crippen molar-refractivity contribution in [3.63, 3.8) is 0 Å². The number of allylic oxidation sites excluding steroid dienone is 12. The summed E-state index contributed by atoms with van der Waals surface area (Å²) in [6, 6.07) is 0. The molecular weight excluding hydrogens is 997 g/mol. The third-order valence-corrected chi connectivity index (χ3v) is 15.7. The maximum atomic E-state index is 12.9. The Morgan fingerprint density at radius 2 is 0.481 bits per heavy atom. The number of hydrogen-bond donors (Lipinski definition) is 0. The lowest BCUT2D eigenvalue weighted by atomic mass is 10.0. The molecule has 0 amide bonds. The van der Waals surface area contributed by atoms with Gasteiger partial charge in [-0.15, -0.1) is 0 Å². The van der Waals surface area contributed by atoms with Gasteiger partial charge in [0.1, 0.15) is 13.2 Å². The molecule has 0 heterocycles. The van der Waals surface area contributed by atoms with E-state index in [1.165, 1.54) is 218 Å². The summed E-state index contributed by atoms with van der Waals surface area (Å²) in [5.74, 6) is -0.877. The zero-order chi connectivity index (χ0) is 58.5. The maximum Gasteiger partial charge on any atom is 0.306 e. The Balaban J connectivity index is 4.24. The first-order chi connectivity index (χ1) is 40.0. The van der Waals surface area contributed by atoms with Gasteiger partial charge in [0.2, 0.25) is 0 Å². The fourth-order valence-corrected chi connectivity index (χ4v) is 10.4. The predicted molar refractivity (Wildman–Crippen MR) is 353 cm³/mol. The Labute approximate surface area is 503 Å². The molecule has 0 fully saturated rings. The Kier molecular flexibility index (Phi) is 66.6. The molecule has 6 nitrogen and oxygen atoms in total. The molecule has 6 heteroatoms. The highest BCUT2D eigenvalue weighted by Crippen LogP contribution is 2.18. The van der Waals surface area contributed by atoms with E-state index in [2.05, 4.69) is 93.7 Å². The molecule has 81 heavy (non-hydrogen) atoms. The molecule has 0 aliphatic rings. The van der Waals surface area contributed by atoms with E-state index in [1.54, 1.807) is 0 Å². The second-order valence-electron chi connectivity index (χ2n) is 23.8. The average molecular weight is 1130 g/mol. The highest BCUT2D eigenvalue weighted by Gasteiger charge is 2.19. The number of rotatable bonds is 65. The van der Waals surface area contributed by atoms with Crippen LogP contribution in [0.1, 0.15) is 367 Å². The van der Waals surface area contributed by atoms with Gasteiger partial charge in [-0.2, -0.15) is 0 Å². The highest BCUT2D eigenvalue weighted by molar-refractivity contribution is 5.71. The van der Waals surface area contributed by atoms with E-state index in [1.807, 2.05) is 0 Å². The van der Waals surface area contributed by atoms with Crippen molar-refractivity contribution in [2.75, 3.05) is 13.2 Å². The number of esters is 3. The molecule has 0 saturated carbocycles. The summed E-state index contributed by atoms with van der Waals surface area (Å²) < 4.78 is 17.0. The number of ether oxygens (including phenoxy) is 3. The maximum absolute atomic E-state index is 12.9. The average Bonchev–Trinajstić information content (AvgIpc) is 3.46. The molecule has 0 N–H and O–H groups in total. The molecule has 0 radical (unpaired) electrons. The van der Waals surface area contributed by atoms with Crippen LogP contribution in [0, 0.1) is 0 Å². The van der Waals surface area contributed by atoms with Crippen LogP contribution in [0.5, 0.6) is 0 Å². The molecule has 1 unspecified atom stereocenters. The minimum Gasteiger partial charge on any atom is -0.462 e. The molecule has 0 aromatic rings. The SMILES string of the molecule is CC/C=C\C/C=C\C/C=C\C/C=C\C/C=C\CCCCCCCC(=O)OC(COC(=O)CCCCCCCCCCCCCCC)COC(=O)CCCCCCCCCCCCCCCCCCC/C=C\CCCCCCCCCC. The molecule has 0 saturated heterocycles. The Morgan fingerprint density at radius 1 is 0.259 bits per heavy atom. The van der Waals surface area contributed by atoms with E-state index in [0.29, 0.717) is 19.3 Å². The van der Waals surface area contributed by atoms with Crippen molar-refractivity contribution in [1.29, 1.82) is 0 Å². The van der Waals surface area contributed by atoms with Crippen molar-refractivity contribution in [1.82, 2.24) is 0 Å². The number of carbonyl (C=O) groups is 3. The summed E-state index contributed by atoms with van der Waals surface area (Å²) >= 11 is 0. The van der Waals surface area contributed by atoms with Crippen LogP contribution in [0.25, 0.3) is 0 Å². The molecule has 0 rings (SSSR count). The minimum absolute atomic E-state index is 0.0792. The van der Waals surface area contributed by atoms with Gasteiger partial charge in [0.05, 0.1) is 0 Å². The summed E-state index contributed by atoms with van der Waals surface area (Å²) in [7, 11) is 0. The van der Waals surface area contributed by atoms with Crippen molar-refractivity contribution >= 4 is 17.9 Å². The summed E-state index contributed by atoms with van der Waals surface area (Å²) in [5, 5.41) is 0. The lowest BCUT2D eigenvalue weighted by Crippen LogP contribution is -2.30. The molecule has 0 aromatic carbocycles. The smallest absolute Gasteiger partial charge is 0.306 e. The standard InChI is InChI=1S/C75H134O6/c1-4-7-10-13-16-19-22-25-27-29-31-33-34-35-36-37-38-39-40-42-43-45-47-50-53-56-59-62-65-68-74(77)80-71-72(70-79-73(76)67-64-61-58-55-52-49-24-21-18-15-12-9-6-3)81-75(78)69-66-63-60-57-54-51-48-46-44-41-32-30-28-26-23-20-17-14-11-8-5-2/h8,11,17,20,26,28-29,31-32,41,46,48,72H,4-7,9-10,12-16,18-19,21-25,27,30,33-40,42-45,47,49-71H2,1-3H3/b11-8-,20-17-,28-26-,31-29-,41-32-,48-46-. The third-order valence-electron chi connectivity index (χ3n) is 15.7. The van der Waals surface area contributed by atoms with Gasteiger partial charge in [0.15, 0.2) is 6.10 Å². The first kappa shape index (κ1) is 77.9. The van der Waals surface area contributed by atoms with Crippen LogP contribution in [-0.4, -0.2) is 37.2 Å². The molecule has 0 aromatic heterocycles. The van der Waals surface area contributed by atoms with E-state index < -0.39 is 6.10 Å². The van der Waals surface area contributed by atoms with E-state index >= 15 is 0 Å². The van der Waals surface area contributed by atoms with Gasteiger partial charge < -0.3 is 14.2 Å². The van der Waals surface area contributed by atoms with Gasteiger partial charge >= 0.3 is 17.9 Å². The lowest BCUT2D eigenvalue weighted by molar-refractivity contribution is -0.167. The van der Waals surface area contributed by atoms with E-state index in [0.717, 1.165) is 109 Å². The Morgan fingerprint density at radius 3 is 0.765 bits per heavy atom. The van der Waals surface area contributed by atoms with Crippen LogP contribution < -0.4 is 0 Å². The second-order valence-corrected chi connectivity index (χ2v) is 23.8. The van der Waals surface area contributed by atoms with Crippen molar-refractivity contribution in [3.8, 4) is 0 Å². The van der Waals surface area contributed by atoms with Crippen LogP contribution in [0.15, 0.2) is 72.9 Å². The summed E-state index contributed by atoms with van der Waals surface area (Å²) in [5.41, 5.74) is 0. The Hall–Kier alpha value is -3.15. The predicted octanol–water partition coefficient (Wildman–Crippen LogP) is 24.4. The van der Waals surface area contributed by atoms with E-state index in [9.17, 15) is 14.4 Å². The zero-order valence-corrected chi connectivity index (χ0v) is 54.1. The second kappa shape index (κ2) is 69.3. The fourth-order valence-electron chi connectivity index (χ4n) is 10.4. The van der Waals surface area contributed by atoms with Crippen molar-refractivity contribution < 1.29 is 28.6 Å². The largest absolute Gasteiger partial charge is 0.462 e. The number of carbonyl (C=O) groups excluding carboxylic acids is 3. The molecule has 0 aliphatic heterocycles. The number of unbranched alkanes of at least 4 members (excludes halogenated alkanes) is 42. The first-order valence-corrected chi connectivity index (χ1v) is 35.4. The van der Waals surface area contributed by atoms with Gasteiger partial charge in [-0.25, -0.2) is 0 Å². The van der Waals surface area contributed by atoms with Crippen molar-refractivity contribution in [2.24, 2.45) is 0 Å². The van der Waals surface area contributed by atoms with E-state index in [4.69, 9.17) is 14.2 Å². The van der Waals surface area contributed by atoms with Crippen molar-refractivity contribution in [3.05, 3.63) is 72.9 Å².